The summed E-state index contributed by atoms with van der Waals surface area (Å²) in [5, 5.41) is 12.4. The molecule has 1 unspecified atom stereocenters. The van der Waals surface area contributed by atoms with E-state index in [2.05, 4.69) is 17.1 Å². The number of likely N-dealkylation sites (N-methyl/N-ethyl adjacent to an activating group) is 1. The van der Waals surface area contributed by atoms with Crippen LogP contribution in [0.2, 0.25) is 0 Å². The zero-order chi connectivity index (χ0) is 13.8. The molecule has 0 spiro atoms. The first-order valence-corrected chi connectivity index (χ1v) is 6.72. The van der Waals surface area contributed by atoms with Gasteiger partial charge in [-0.05, 0) is 44.1 Å². The number of nitrogen functional groups attached to an aromatic ring is 1. The van der Waals surface area contributed by atoms with Crippen LogP contribution in [0.25, 0.3) is 0 Å². The highest BCUT2D eigenvalue weighted by atomic mass is 16.3. The van der Waals surface area contributed by atoms with Crippen molar-refractivity contribution in [3.05, 3.63) is 23.8 Å². The van der Waals surface area contributed by atoms with Crippen LogP contribution in [0.5, 0.6) is 5.75 Å². The van der Waals surface area contributed by atoms with E-state index in [1.165, 1.54) is 18.6 Å². The summed E-state index contributed by atoms with van der Waals surface area (Å²) in [6.07, 6.45) is 2.32. The van der Waals surface area contributed by atoms with E-state index in [9.17, 15) is 9.90 Å². The van der Waals surface area contributed by atoms with Gasteiger partial charge in [0.15, 0.2) is 0 Å². The van der Waals surface area contributed by atoms with Gasteiger partial charge in [-0.1, -0.05) is 6.92 Å². The molecule has 1 fully saturated rings. The van der Waals surface area contributed by atoms with Gasteiger partial charge in [-0.2, -0.15) is 0 Å². The average Bonchev–Trinajstić information content (AvgIpc) is 2.86. The molecule has 4 N–H and O–H groups in total. The summed E-state index contributed by atoms with van der Waals surface area (Å²) in [5.74, 6) is -0.220. The molecule has 2 rings (SSSR count). The third-order valence-corrected chi connectivity index (χ3v) is 3.70. The molecule has 5 heteroatoms. The summed E-state index contributed by atoms with van der Waals surface area (Å²) in [6.45, 7) is 4.92. The lowest BCUT2D eigenvalue weighted by Crippen LogP contribution is -2.40. The van der Waals surface area contributed by atoms with E-state index >= 15 is 0 Å². The number of benzene rings is 1. The maximum atomic E-state index is 12.0. The van der Waals surface area contributed by atoms with Crippen LogP contribution in [0.3, 0.4) is 0 Å². The maximum Gasteiger partial charge on any atom is 0.251 e. The van der Waals surface area contributed by atoms with Gasteiger partial charge in [0, 0.05) is 18.2 Å². The van der Waals surface area contributed by atoms with Gasteiger partial charge in [0.25, 0.3) is 5.91 Å². The number of phenolic OH excluding ortho intramolecular Hbond substituents is 1. The van der Waals surface area contributed by atoms with Gasteiger partial charge in [-0.25, -0.2) is 0 Å². The molecule has 104 valence electrons. The largest absolute Gasteiger partial charge is 0.506 e. The lowest BCUT2D eigenvalue weighted by Gasteiger charge is -2.22. The first-order chi connectivity index (χ1) is 9.11. The van der Waals surface area contributed by atoms with Crippen LogP contribution < -0.4 is 11.1 Å². The molecule has 0 radical (unpaired) electrons. The highest BCUT2D eigenvalue weighted by molar-refractivity contribution is 5.95. The van der Waals surface area contributed by atoms with Gasteiger partial charge in [-0.3, -0.25) is 9.69 Å². The topological polar surface area (TPSA) is 78.6 Å². The van der Waals surface area contributed by atoms with E-state index < -0.39 is 0 Å². The van der Waals surface area contributed by atoms with E-state index in [0.29, 0.717) is 18.2 Å². The molecule has 19 heavy (non-hydrogen) atoms. The van der Waals surface area contributed by atoms with Crippen molar-refractivity contribution in [1.29, 1.82) is 0 Å². The molecule has 0 saturated carbocycles. The number of hydrogen-bond donors (Lipinski definition) is 3. The van der Waals surface area contributed by atoms with Crippen molar-refractivity contribution in [1.82, 2.24) is 10.2 Å². The van der Waals surface area contributed by atoms with Gasteiger partial charge < -0.3 is 16.2 Å². The number of aromatic hydroxyl groups is 1. The number of likely N-dealkylation sites (tertiary alicyclic amines) is 1. The minimum absolute atomic E-state index is 0.0521. The molecule has 1 atom stereocenters. The molecule has 1 aliphatic rings. The van der Waals surface area contributed by atoms with Crippen molar-refractivity contribution in [2.45, 2.75) is 25.8 Å². The fraction of sp³-hybridized carbons (Fsp3) is 0.500. The van der Waals surface area contributed by atoms with E-state index in [-0.39, 0.29) is 17.3 Å². The zero-order valence-electron chi connectivity index (χ0n) is 11.2. The highest BCUT2D eigenvalue weighted by Crippen LogP contribution is 2.21. The first kappa shape index (κ1) is 13.7. The van der Waals surface area contributed by atoms with E-state index in [1.807, 2.05) is 0 Å². The van der Waals surface area contributed by atoms with Gasteiger partial charge in [0.1, 0.15) is 5.75 Å². The summed E-state index contributed by atoms with van der Waals surface area (Å²) in [4.78, 5) is 14.4. The Labute approximate surface area is 113 Å². The monoisotopic (exact) mass is 263 g/mol. The number of rotatable bonds is 4. The molecule has 1 aromatic carbocycles. The molecular formula is C14H21N3O2. The SMILES string of the molecule is CCN1CCCC1CNC(=O)c1ccc(N)c(O)c1. The molecule has 1 saturated heterocycles. The summed E-state index contributed by atoms with van der Waals surface area (Å²) < 4.78 is 0. The molecule has 1 heterocycles. The molecular weight excluding hydrogens is 242 g/mol. The highest BCUT2D eigenvalue weighted by Gasteiger charge is 2.23. The maximum absolute atomic E-state index is 12.0. The van der Waals surface area contributed by atoms with Crippen LogP contribution in [-0.2, 0) is 0 Å². The van der Waals surface area contributed by atoms with Crippen molar-refractivity contribution in [3.8, 4) is 5.75 Å². The van der Waals surface area contributed by atoms with Crippen LogP contribution in [0.1, 0.15) is 30.1 Å². The van der Waals surface area contributed by atoms with E-state index in [4.69, 9.17) is 5.73 Å². The molecule has 1 aliphatic heterocycles. The normalized spacial score (nSPS) is 19.5. The second kappa shape index (κ2) is 5.93. The van der Waals surface area contributed by atoms with Gasteiger partial charge in [0.2, 0.25) is 0 Å². The Morgan fingerprint density at radius 2 is 2.37 bits per heavy atom. The number of hydrogen-bond acceptors (Lipinski definition) is 4. The molecule has 0 aliphatic carbocycles. The number of phenols is 1. The molecule has 1 amide bonds. The first-order valence-electron chi connectivity index (χ1n) is 6.72. The number of nitrogens with two attached hydrogens (primary N) is 1. The Morgan fingerprint density at radius 3 is 3.05 bits per heavy atom. The Kier molecular flexibility index (Phi) is 4.27. The van der Waals surface area contributed by atoms with Crippen molar-refractivity contribution in [3.63, 3.8) is 0 Å². The fourth-order valence-electron chi connectivity index (χ4n) is 2.54. The quantitative estimate of drug-likeness (QED) is 0.563. The fourth-order valence-corrected chi connectivity index (χ4v) is 2.54. The number of nitrogens with one attached hydrogen (secondary N) is 1. The summed E-state index contributed by atoms with van der Waals surface area (Å²) in [7, 11) is 0. The number of carbonyl (C=O) groups excluding carboxylic acids is 1. The standard InChI is InChI=1S/C14H21N3O2/c1-2-17-7-3-4-11(17)9-16-14(19)10-5-6-12(15)13(18)8-10/h5-6,8,11,18H,2-4,7,9,15H2,1H3,(H,16,19). The summed E-state index contributed by atoms with van der Waals surface area (Å²) in [5.41, 5.74) is 6.23. The Morgan fingerprint density at radius 1 is 1.58 bits per heavy atom. The minimum Gasteiger partial charge on any atom is -0.506 e. The van der Waals surface area contributed by atoms with Gasteiger partial charge in [0.05, 0.1) is 5.69 Å². The molecule has 0 aromatic heterocycles. The smallest absolute Gasteiger partial charge is 0.251 e. The number of carbonyl (C=O) groups is 1. The van der Waals surface area contributed by atoms with Crippen molar-refractivity contribution < 1.29 is 9.90 Å². The summed E-state index contributed by atoms with van der Waals surface area (Å²) in [6, 6.07) is 4.99. The lowest BCUT2D eigenvalue weighted by atomic mass is 10.1. The predicted octanol–water partition coefficient (Wildman–Crippen LogP) is 1.19. The Balaban J connectivity index is 1.92. The van der Waals surface area contributed by atoms with Gasteiger partial charge >= 0.3 is 0 Å². The van der Waals surface area contributed by atoms with Crippen LogP contribution >= 0.6 is 0 Å². The second-order valence-electron chi connectivity index (χ2n) is 4.91. The van der Waals surface area contributed by atoms with Crippen LogP contribution in [0.15, 0.2) is 18.2 Å². The third-order valence-electron chi connectivity index (χ3n) is 3.70. The van der Waals surface area contributed by atoms with Crippen LogP contribution in [0, 0.1) is 0 Å². The Bertz CT molecular complexity index is 462. The van der Waals surface area contributed by atoms with Crippen LogP contribution in [0.4, 0.5) is 5.69 Å². The number of nitrogens with zero attached hydrogens (tertiary/aromatic N) is 1. The number of anilines is 1. The lowest BCUT2D eigenvalue weighted by molar-refractivity contribution is 0.0941. The zero-order valence-corrected chi connectivity index (χ0v) is 11.2. The van der Waals surface area contributed by atoms with E-state index in [0.717, 1.165) is 19.5 Å². The number of amides is 1. The second-order valence-corrected chi connectivity index (χ2v) is 4.91. The van der Waals surface area contributed by atoms with Crippen molar-refractivity contribution in [2.75, 3.05) is 25.4 Å². The molecule has 0 bridgehead atoms. The average molecular weight is 263 g/mol. The third kappa shape index (κ3) is 3.17. The van der Waals surface area contributed by atoms with Crippen molar-refractivity contribution >= 4 is 11.6 Å². The Hall–Kier alpha value is -1.75. The van der Waals surface area contributed by atoms with E-state index in [1.54, 1.807) is 6.07 Å². The van der Waals surface area contributed by atoms with Crippen LogP contribution in [-0.4, -0.2) is 41.6 Å². The van der Waals surface area contributed by atoms with Crippen molar-refractivity contribution in [2.24, 2.45) is 0 Å². The summed E-state index contributed by atoms with van der Waals surface area (Å²) >= 11 is 0. The molecule has 1 aromatic rings. The predicted molar refractivity (Wildman–Crippen MR) is 75.1 cm³/mol. The minimum atomic E-state index is -0.168. The van der Waals surface area contributed by atoms with Gasteiger partial charge in [-0.15, -0.1) is 0 Å². The molecule has 5 nitrogen and oxygen atoms in total.